The molecule has 0 amide bonds. The van der Waals surface area contributed by atoms with Gasteiger partial charge in [-0.25, -0.2) is 4.68 Å². The van der Waals surface area contributed by atoms with Gasteiger partial charge < -0.3 is 19.5 Å². The van der Waals surface area contributed by atoms with Gasteiger partial charge in [0.2, 0.25) is 5.95 Å². The minimum atomic E-state index is -0.522. The Kier molecular flexibility index (Phi) is 5.54. The average molecular weight is 475 g/mol. The number of ketones is 1. The highest BCUT2D eigenvalue weighted by molar-refractivity contribution is 6.00. The van der Waals surface area contributed by atoms with E-state index in [9.17, 15) is 4.79 Å². The van der Waals surface area contributed by atoms with Crippen molar-refractivity contribution in [3.05, 3.63) is 58.8 Å². The van der Waals surface area contributed by atoms with Crippen molar-refractivity contribution in [1.29, 1.82) is 0 Å². The maximum Gasteiger partial charge on any atom is 0.226 e. The van der Waals surface area contributed by atoms with E-state index in [0.717, 1.165) is 28.8 Å². The summed E-state index contributed by atoms with van der Waals surface area (Å²) in [6.07, 6.45) is 1.18. The Morgan fingerprint density at radius 2 is 1.63 bits per heavy atom. The smallest absolute Gasteiger partial charge is 0.226 e. The number of ether oxygens (including phenoxy) is 3. The second-order valence-corrected chi connectivity index (χ2v) is 9.88. The minimum Gasteiger partial charge on any atom is -0.496 e. The zero-order valence-electron chi connectivity index (χ0n) is 20.9. The van der Waals surface area contributed by atoms with Crippen molar-refractivity contribution in [3.8, 4) is 28.6 Å². The number of methoxy groups -OCH3 is 3. The fourth-order valence-corrected chi connectivity index (χ4v) is 4.99. The number of rotatable bonds is 5. The normalized spacial score (nSPS) is 18.5. The maximum atomic E-state index is 13.6. The molecule has 1 aliphatic heterocycles. The average Bonchev–Trinajstić information content (AvgIpc) is 3.25. The second kappa shape index (κ2) is 8.45. The van der Waals surface area contributed by atoms with Crippen LogP contribution < -0.4 is 19.5 Å². The van der Waals surface area contributed by atoms with Gasteiger partial charge in [-0.2, -0.15) is 4.98 Å². The van der Waals surface area contributed by atoms with E-state index in [2.05, 4.69) is 19.2 Å². The molecule has 35 heavy (non-hydrogen) atoms. The van der Waals surface area contributed by atoms with E-state index in [-0.39, 0.29) is 11.2 Å². The Hall–Kier alpha value is -3.81. The number of aryl methyl sites for hydroxylation is 1. The van der Waals surface area contributed by atoms with Crippen molar-refractivity contribution in [1.82, 2.24) is 14.8 Å². The fourth-order valence-electron chi connectivity index (χ4n) is 4.99. The predicted octanol–water partition coefficient (Wildman–Crippen LogP) is 4.94. The van der Waals surface area contributed by atoms with E-state index < -0.39 is 6.04 Å². The SMILES string of the molecule is COc1cc(OC)c(C2C3=C(CC(C)(C)CC3=O)Nc3nc(-c4ccc(C)cc4)nn32)cc1OC. The molecule has 1 aromatic heterocycles. The van der Waals surface area contributed by atoms with Crippen LogP contribution in [0.5, 0.6) is 17.2 Å². The van der Waals surface area contributed by atoms with Crippen LogP contribution in [0.25, 0.3) is 11.4 Å². The first-order valence-electron chi connectivity index (χ1n) is 11.6. The molecule has 0 saturated heterocycles. The Morgan fingerprint density at radius 1 is 0.971 bits per heavy atom. The van der Waals surface area contributed by atoms with Crippen LogP contribution in [-0.4, -0.2) is 41.9 Å². The third-order valence-electron chi connectivity index (χ3n) is 6.67. The molecule has 1 unspecified atom stereocenters. The van der Waals surface area contributed by atoms with Gasteiger partial charge in [0.15, 0.2) is 23.1 Å². The Bertz CT molecular complexity index is 1340. The zero-order chi connectivity index (χ0) is 24.9. The van der Waals surface area contributed by atoms with Gasteiger partial charge in [0.25, 0.3) is 0 Å². The summed E-state index contributed by atoms with van der Waals surface area (Å²) < 4.78 is 18.6. The van der Waals surface area contributed by atoms with Crippen LogP contribution >= 0.6 is 0 Å². The Labute approximate surface area is 204 Å². The van der Waals surface area contributed by atoms with Crippen molar-refractivity contribution in [2.24, 2.45) is 5.41 Å². The molecular weight excluding hydrogens is 444 g/mol. The quantitative estimate of drug-likeness (QED) is 0.561. The van der Waals surface area contributed by atoms with Crippen LogP contribution in [0, 0.1) is 12.3 Å². The van der Waals surface area contributed by atoms with Gasteiger partial charge >= 0.3 is 0 Å². The molecule has 0 saturated carbocycles. The van der Waals surface area contributed by atoms with Crippen molar-refractivity contribution in [2.45, 2.75) is 39.7 Å². The number of anilines is 1. The standard InChI is InChI=1S/C27H30N4O4/c1-15-7-9-16(10-8-15)25-29-26-28-18-13-27(2,3)14-19(32)23(18)24(31(26)30-25)17-11-21(34-5)22(35-6)12-20(17)33-4/h7-12,24H,13-14H2,1-6H3,(H,28,29,30). The van der Waals surface area contributed by atoms with Crippen molar-refractivity contribution in [2.75, 3.05) is 26.6 Å². The van der Waals surface area contributed by atoms with Crippen LogP contribution in [0.3, 0.4) is 0 Å². The van der Waals surface area contributed by atoms with Crippen molar-refractivity contribution < 1.29 is 19.0 Å². The summed E-state index contributed by atoms with van der Waals surface area (Å²) in [5.41, 5.74) is 4.23. The molecule has 0 radical (unpaired) electrons. The minimum absolute atomic E-state index is 0.0867. The van der Waals surface area contributed by atoms with E-state index in [1.165, 1.54) is 0 Å². The van der Waals surface area contributed by atoms with Crippen LogP contribution in [0.1, 0.15) is 43.9 Å². The highest BCUT2D eigenvalue weighted by Gasteiger charge is 2.43. The van der Waals surface area contributed by atoms with E-state index in [1.807, 2.05) is 37.3 Å². The second-order valence-electron chi connectivity index (χ2n) is 9.88. The van der Waals surface area contributed by atoms with E-state index in [4.69, 9.17) is 24.3 Å². The molecule has 5 rings (SSSR count). The summed E-state index contributed by atoms with van der Waals surface area (Å²) in [5, 5.41) is 8.30. The van der Waals surface area contributed by atoms with Crippen molar-refractivity contribution in [3.63, 3.8) is 0 Å². The highest BCUT2D eigenvalue weighted by atomic mass is 16.5. The molecule has 2 aliphatic rings. The summed E-state index contributed by atoms with van der Waals surface area (Å²) in [6, 6.07) is 11.2. The van der Waals surface area contributed by atoms with E-state index in [1.54, 1.807) is 32.1 Å². The molecule has 8 nitrogen and oxygen atoms in total. The van der Waals surface area contributed by atoms with Crippen molar-refractivity contribution >= 4 is 11.7 Å². The molecular formula is C27H30N4O4. The summed E-state index contributed by atoms with van der Waals surface area (Å²) in [4.78, 5) is 18.4. The number of hydrogen-bond donors (Lipinski definition) is 1. The highest BCUT2D eigenvalue weighted by Crippen LogP contribution is 2.49. The number of benzene rings is 2. The number of aromatic nitrogens is 3. The molecule has 1 aliphatic carbocycles. The van der Waals surface area contributed by atoms with Gasteiger partial charge in [0.1, 0.15) is 11.8 Å². The fraction of sp³-hybridized carbons (Fsp3) is 0.370. The lowest BCUT2D eigenvalue weighted by molar-refractivity contribution is -0.118. The van der Waals surface area contributed by atoms with Gasteiger partial charge in [-0.05, 0) is 24.8 Å². The number of Topliss-reactive ketones (excluding diaryl/α,β-unsaturated/α-hetero) is 1. The van der Waals surface area contributed by atoms with Crippen LogP contribution in [-0.2, 0) is 4.79 Å². The van der Waals surface area contributed by atoms with Gasteiger partial charge in [0.05, 0.1) is 21.3 Å². The molecule has 1 N–H and O–H groups in total. The molecule has 3 aromatic rings. The molecule has 182 valence electrons. The Balaban J connectivity index is 1.74. The largest absolute Gasteiger partial charge is 0.496 e. The van der Waals surface area contributed by atoms with Gasteiger partial charge in [-0.15, -0.1) is 5.10 Å². The lowest BCUT2D eigenvalue weighted by atomic mass is 9.73. The first-order chi connectivity index (χ1) is 16.7. The molecule has 0 spiro atoms. The lowest BCUT2D eigenvalue weighted by Crippen LogP contribution is -2.36. The molecule has 2 heterocycles. The summed E-state index contributed by atoms with van der Waals surface area (Å²) >= 11 is 0. The predicted molar refractivity (Wildman–Crippen MR) is 133 cm³/mol. The van der Waals surface area contributed by atoms with E-state index in [0.29, 0.717) is 41.0 Å². The molecule has 8 heteroatoms. The molecule has 1 atom stereocenters. The monoisotopic (exact) mass is 474 g/mol. The maximum absolute atomic E-state index is 13.6. The third-order valence-corrected chi connectivity index (χ3v) is 6.67. The number of nitrogens with zero attached hydrogens (tertiary/aromatic N) is 3. The van der Waals surface area contributed by atoms with Crippen LogP contribution in [0.15, 0.2) is 47.7 Å². The van der Waals surface area contributed by atoms with E-state index >= 15 is 0 Å². The number of nitrogens with one attached hydrogen (secondary N) is 1. The number of carbonyl (C=O) groups excluding carboxylic acids is 1. The van der Waals surface area contributed by atoms with Crippen LogP contribution in [0.4, 0.5) is 5.95 Å². The number of carbonyl (C=O) groups is 1. The van der Waals surface area contributed by atoms with Gasteiger partial charge in [-0.3, -0.25) is 4.79 Å². The number of hydrogen-bond acceptors (Lipinski definition) is 7. The molecule has 2 aromatic carbocycles. The number of allylic oxidation sites excluding steroid dienone is 2. The molecule has 0 bridgehead atoms. The van der Waals surface area contributed by atoms with Gasteiger partial charge in [0, 0.05) is 34.9 Å². The summed E-state index contributed by atoms with van der Waals surface area (Å²) in [6.45, 7) is 6.26. The lowest BCUT2D eigenvalue weighted by Gasteiger charge is -2.38. The number of fused-ring (bicyclic) bond motifs is 1. The van der Waals surface area contributed by atoms with Crippen LogP contribution in [0.2, 0.25) is 0 Å². The summed E-state index contributed by atoms with van der Waals surface area (Å²) in [7, 11) is 4.77. The molecule has 0 fully saturated rings. The first-order valence-corrected chi connectivity index (χ1v) is 11.6. The Morgan fingerprint density at radius 3 is 2.29 bits per heavy atom. The summed E-state index contributed by atoms with van der Waals surface area (Å²) in [5.74, 6) is 2.94. The zero-order valence-corrected chi connectivity index (χ0v) is 20.9. The third kappa shape index (κ3) is 3.92. The van der Waals surface area contributed by atoms with Gasteiger partial charge in [-0.1, -0.05) is 43.7 Å². The topological polar surface area (TPSA) is 87.5 Å². The first kappa shape index (κ1) is 23.0.